The lowest BCUT2D eigenvalue weighted by Gasteiger charge is -2.10. The molecule has 3 aromatic rings. The van der Waals surface area contributed by atoms with Gasteiger partial charge in [0, 0.05) is 32.9 Å². The van der Waals surface area contributed by atoms with Crippen LogP contribution in [0.25, 0.3) is 5.69 Å². The van der Waals surface area contributed by atoms with Gasteiger partial charge in [-0.3, -0.25) is 4.79 Å². The Labute approximate surface area is 184 Å². The first-order chi connectivity index (χ1) is 14.0. The van der Waals surface area contributed by atoms with Crippen LogP contribution in [0.1, 0.15) is 29.4 Å². The molecular weight excluding hydrogens is 446 g/mol. The van der Waals surface area contributed by atoms with Gasteiger partial charge in [0.2, 0.25) is 0 Å². The summed E-state index contributed by atoms with van der Waals surface area (Å²) < 4.78 is 3.21. The Morgan fingerprint density at radius 1 is 1.17 bits per heavy atom. The normalized spacial score (nSPS) is 12.3. The Balaban J connectivity index is 1.61. The second-order valence-corrected chi connectivity index (χ2v) is 9.06. The monoisotopic (exact) mass is 469 g/mol. The number of carbonyl (C=O) groups is 1. The van der Waals surface area contributed by atoms with Gasteiger partial charge in [-0.25, -0.2) is 5.43 Å². The number of nitrogens with zero attached hydrogens (tertiary/aromatic N) is 2. The molecule has 0 aliphatic carbocycles. The van der Waals surface area contributed by atoms with Crippen molar-refractivity contribution >= 4 is 39.8 Å². The molecular formula is C23H24BrN3OS. The number of halogens is 1. The van der Waals surface area contributed by atoms with E-state index in [0.29, 0.717) is 0 Å². The predicted molar refractivity (Wildman–Crippen MR) is 126 cm³/mol. The lowest BCUT2D eigenvalue weighted by Crippen LogP contribution is -2.27. The summed E-state index contributed by atoms with van der Waals surface area (Å²) in [5.74, 6) is 0.704. The summed E-state index contributed by atoms with van der Waals surface area (Å²) in [6, 6.07) is 20.4. The fourth-order valence-electron chi connectivity index (χ4n) is 3.06. The van der Waals surface area contributed by atoms with Crippen molar-refractivity contribution in [2.45, 2.75) is 31.8 Å². The molecule has 1 unspecified atom stereocenters. The minimum atomic E-state index is -0.179. The number of aromatic nitrogens is 1. The minimum absolute atomic E-state index is 0.0945. The number of hydrazone groups is 1. The largest absolute Gasteiger partial charge is 0.318 e. The van der Waals surface area contributed by atoms with Crippen molar-refractivity contribution in [1.29, 1.82) is 0 Å². The zero-order valence-corrected chi connectivity index (χ0v) is 19.1. The van der Waals surface area contributed by atoms with E-state index in [1.54, 1.807) is 18.0 Å². The van der Waals surface area contributed by atoms with E-state index in [2.05, 4.69) is 75.2 Å². The first kappa shape index (κ1) is 21.4. The Morgan fingerprint density at radius 2 is 1.93 bits per heavy atom. The molecule has 0 aliphatic heterocycles. The molecule has 0 aliphatic rings. The highest BCUT2D eigenvalue weighted by Gasteiger charge is 2.13. The zero-order chi connectivity index (χ0) is 20.8. The number of thioether (sulfide) groups is 1. The van der Waals surface area contributed by atoms with Crippen LogP contribution in [-0.2, 0) is 10.5 Å². The molecule has 4 nitrogen and oxygen atoms in total. The van der Waals surface area contributed by atoms with Crippen molar-refractivity contribution in [3.8, 4) is 5.69 Å². The molecule has 1 amide bonds. The maximum Gasteiger partial charge on any atom is 0.252 e. The van der Waals surface area contributed by atoms with Gasteiger partial charge in [-0.05, 0) is 50.6 Å². The second kappa shape index (κ2) is 9.94. The van der Waals surface area contributed by atoms with Crippen LogP contribution >= 0.6 is 27.7 Å². The molecule has 1 atom stereocenters. The molecule has 29 heavy (non-hydrogen) atoms. The van der Waals surface area contributed by atoms with Gasteiger partial charge in [0.25, 0.3) is 5.91 Å². The molecule has 6 heteroatoms. The average Bonchev–Trinajstić information content (AvgIpc) is 3.00. The van der Waals surface area contributed by atoms with Crippen LogP contribution in [0.5, 0.6) is 0 Å². The minimum Gasteiger partial charge on any atom is -0.318 e. The number of carbonyl (C=O) groups excluding carboxylic acids is 1. The highest BCUT2D eigenvalue weighted by molar-refractivity contribution is 9.10. The van der Waals surface area contributed by atoms with E-state index in [-0.39, 0.29) is 11.2 Å². The van der Waals surface area contributed by atoms with Crippen LogP contribution in [-0.4, -0.2) is 21.9 Å². The van der Waals surface area contributed by atoms with Crippen molar-refractivity contribution in [3.05, 3.63) is 87.7 Å². The fourth-order valence-corrected chi connectivity index (χ4v) is 4.28. The van der Waals surface area contributed by atoms with E-state index in [1.807, 2.05) is 37.3 Å². The summed E-state index contributed by atoms with van der Waals surface area (Å²) in [7, 11) is 0. The number of rotatable bonds is 7. The number of hydrogen-bond donors (Lipinski definition) is 1. The topological polar surface area (TPSA) is 46.4 Å². The Kier molecular flexibility index (Phi) is 7.34. The quantitative estimate of drug-likeness (QED) is 0.360. The molecule has 0 fully saturated rings. The Bertz CT molecular complexity index is 1010. The van der Waals surface area contributed by atoms with Gasteiger partial charge in [-0.15, -0.1) is 11.8 Å². The maximum absolute atomic E-state index is 12.3. The highest BCUT2D eigenvalue weighted by Crippen LogP contribution is 2.22. The smallest absolute Gasteiger partial charge is 0.252 e. The van der Waals surface area contributed by atoms with E-state index < -0.39 is 0 Å². The van der Waals surface area contributed by atoms with Crippen LogP contribution in [0.15, 0.2) is 70.2 Å². The average molecular weight is 470 g/mol. The van der Waals surface area contributed by atoms with Gasteiger partial charge >= 0.3 is 0 Å². The van der Waals surface area contributed by atoms with Crippen molar-refractivity contribution in [2.24, 2.45) is 5.10 Å². The number of aryl methyl sites for hydroxylation is 1. The summed E-state index contributed by atoms with van der Waals surface area (Å²) in [6.07, 6.45) is 1.71. The van der Waals surface area contributed by atoms with Crippen molar-refractivity contribution in [2.75, 3.05) is 0 Å². The molecule has 1 heterocycles. The van der Waals surface area contributed by atoms with Crippen molar-refractivity contribution in [3.63, 3.8) is 0 Å². The Morgan fingerprint density at radius 3 is 2.66 bits per heavy atom. The molecule has 3 rings (SSSR count). The first-order valence-electron chi connectivity index (χ1n) is 9.39. The number of amides is 1. The number of benzene rings is 2. The molecule has 0 radical (unpaired) electrons. The van der Waals surface area contributed by atoms with E-state index in [0.717, 1.165) is 32.9 Å². The zero-order valence-electron chi connectivity index (χ0n) is 16.7. The van der Waals surface area contributed by atoms with E-state index in [4.69, 9.17) is 0 Å². The summed E-state index contributed by atoms with van der Waals surface area (Å²) in [5, 5.41) is 4.00. The molecule has 150 valence electrons. The molecule has 1 N–H and O–H groups in total. The van der Waals surface area contributed by atoms with Gasteiger partial charge in [-0.1, -0.05) is 52.3 Å². The third-order valence-corrected chi connectivity index (χ3v) is 6.33. The van der Waals surface area contributed by atoms with E-state index >= 15 is 0 Å². The van der Waals surface area contributed by atoms with E-state index in [9.17, 15) is 4.79 Å². The van der Waals surface area contributed by atoms with Gasteiger partial charge in [0.1, 0.15) is 0 Å². The van der Waals surface area contributed by atoms with Gasteiger partial charge < -0.3 is 4.57 Å². The number of hydrogen-bond acceptors (Lipinski definition) is 3. The molecule has 0 bridgehead atoms. The molecule has 0 spiro atoms. The lowest BCUT2D eigenvalue weighted by atomic mass is 10.2. The lowest BCUT2D eigenvalue weighted by molar-refractivity contribution is -0.120. The van der Waals surface area contributed by atoms with Crippen LogP contribution in [0, 0.1) is 13.8 Å². The highest BCUT2D eigenvalue weighted by atomic mass is 79.9. The summed E-state index contributed by atoms with van der Waals surface area (Å²) in [6.45, 7) is 6.01. The van der Waals surface area contributed by atoms with Crippen LogP contribution < -0.4 is 5.43 Å². The molecule has 0 saturated heterocycles. The van der Waals surface area contributed by atoms with E-state index in [1.165, 1.54) is 5.56 Å². The molecule has 2 aromatic carbocycles. The Hall–Kier alpha value is -2.31. The van der Waals surface area contributed by atoms with Gasteiger partial charge in [0.05, 0.1) is 11.5 Å². The maximum atomic E-state index is 12.3. The third kappa shape index (κ3) is 5.61. The van der Waals surface area contributed by atoms with Crippen LogP contribution in [0.2, 0.25) is 0 Å². The third-order valence-electron chi connectivity index (χ3n) is 4.63. The van der Waals surface area contributed by atoms with Crippen molar-refractivity contribution < 1.29 is 4.79 Å². The molecule has 1 aromatic heterocycles. The summed E-state index contributed by atoms with van der Waals surface area (Å²) in [5.41, 5.74) is 8.13. The van der Waals surface area contributed by atoms with Crippen LogP contribution in [0.4, 0.5) is 0 Å². The summed E-state index contributed by atoms with van der Waals surface area (Å²) >= 11 is 5.12. The second-order valence-electron chi connectivity index (χ2n) is 6.81. The number of nitrogens with one attached hydrogen (secondary N) is 1. The predicted octanol–water partition coefficient (Wildman–Crippen LogP) is 5.63. The van der Waals surface area contributed by atoms with Gasteiger partial charge in [-0.2, -0.15) is 5.10 Å². The SMILES string of the molecule is Cc1cc(/C=N/NC(=O)C(C)SCc2ccccc2)c(C)n1-c1cccc(Br)c1. The standard InChI is InChI=1S/C23H24BrN3OS/c1-16-12-20(17(2)27(16)22-11-7-10-21(24)13-22)14-25-26-23(28)18(3)29-15-19-8-5-4-6-9-19/h4-14,18H,15H2,1-3H3,(H,26,28)/b25-14+. The van der Waals surface area contributed by atoms with Crippen molar-refractivity contribution in [1.82, 2.24) is 9.99 Å². The van der Waals surface area contributed by atoms with Crippen LogP contribution in [0.3, 0.4) is 0 Å². The summed E-state index contributed by atoms with van der Waals surface area (Å²) in [4.78, 5) is 12.3. The fraction of sp³-hybridized carbons (Fsp3) is 0.217. The van der Waals surface area contributed by atoms with Gasteiger partial charge in [0.15, 0.2) is 0 Å². The molecule has 0 saturated carbocycles. The first-order valence-corrected chi connectivity index (χ1v) is 11.2.